The number of methoxy groups -OCH3 is 1. The number of hydrogen-bond donors (Lipinski definition) is 1. The van der Waals surface area contributed by atoms with Crippen molar-refractivity contribution < 1.29 is 28.8 Å². The van der Waals surface area contributed by atoms with Crippen molar-refractivity contribution in [2.45, 2.75) is 13.0 Å². The highest BCUT2D eigenvalue weighted by Gasteiger charge is 2.21. The number of esters is 2. The molecule has 1 amide bonds. The molecule has 0 aliphatic carbocycles. The first-order valence-corrected chi connectivity index (χ1v) is 5.64. The quantitative estimate of drug-likeness (QED) is 0.471. The Kier molecular flexibility index (Phi) is 4.95. The first-order valence-electron chi connectivity index (χ1n) is 5.64. The number of nitrogens with zero attached hydrogens (tertiary/aromatic N) is 1. The average molecular weight is 296 g/mol. The lowest BCUT2D eigenvalue weighted by Crippen LogP contribution is -2.30. The summed E-state index contributed by atoms with van der Waals surface area (Å²) >= 11 is 0. The van der Waals surface area contributed by atoms with Gasteiger partial charge in [0, 0.05) is 12.1 Å². The highest BCUT2D eigenvalue weighted by Crippen LogP contribution is 2.19. The lowest BCUT2D eigenvalue weighted by Gasteiger charge is -2.10. The van der Waals surface area contributed by atoms with E-state index in [0.717, 1.165) is 25.3 Å². The molecule has 0 spiro atoms. The summed E-state index contributed by atoms with van der Waals surface area (Å²) in [6.07, 6.45) is -1.21. The summed E-state index contributed by atoms with van der Waals surface area (Å²) in [5.74, 6) is -2.74. The third kappa shape index (κ3) is 4.00. The molecular weight excluding hydrogens is 284 g/mol. The Labute approximate surface area is 118 Å². The van der Waals surface area contributed by atoms with Crippen LogP contribution in [-0.2, 0) is 14.3 Å². The fourth-order valence-corrected chi connectivity index (χ4v) is 1.36. The van der Waals surface area contributed by atoms with Crippen LogP contribution < -0.4 is 5.73 Å². The average Bonchev–Trinajstić information content (AvgIpc) is 2.45. The van der Waals surface area contributed by atoms with Crippen molar-refractivity contribution in [3.8, 4) is 0 Å². The monoisotopic (exact) mass is 296 g/mol. The van der Waals surface area contributed by atoms with Gasteiger partial charge in [-0.25, -0.2) is 9.59 Å². The number of amides is 1. The Morgan fingerprint density at radius 3 is 2.14 bits per heavy atom. The van der Waals surface area contributed by atoms with Crippen LogP contribution in [-0.4, -0.2) is 36.0 Å². The Balaban J connectivity index is 3.19. The molecule has 0 aliphatic heterocycles. The summed E-state index contributed by atoms with van der Waals surface area (Å²) in [6, 6.07) is 2.94. The molecule has 0 heterocycles. The van der Waals surface area contributed by atoms with Gasteiger partial charge in [0.25, 0.3) is 11.6 Å². The second-order valence-electron chi connectivity index (χ2n) is 3.97. The molecule has 0 saturated carbocycles. The Morgan fingerprint density at radius 2 is 1.71 bits per heavy atom. The smallest absolute Gasteiger partial charge is 0.339 e. The highest BCUT2D eigenvalue weighted by atomic mass is 16.6. The molecular formula is C12H12N2O7. The van der Waals surface area contributed by atoms with E-state index >= 15 is 0 Å². The predicted molar refractivity (Wildman–Crippen MR) is 68.5 cm³/mol. The van der Waals surface area contributed by atoms with Crippen LogP contribution in [0.25, 0.3) is 0 Å². The van der Waals surface area contributed by atoms with Gasteiger partial charge in [0.05, 0.1) is 23.2 Å². The number of nitro groups is 1. The SMILES string of the molecule is COC(=O)c1cc(C(=O)OC(C)C(N)=O)cc([N+](=O)[O-])c1. The van der Waals surface area contributed by atoms with Crippen LogP contribution in [0.1, 0.15) is 27.6 Å². The van der Waals surface area contributed by atoms with Gasteiger partial charge < -0.3 is 15.2 Å². The lowest BCUT2D eigenvalue weighted by molar-refractivity contribution is -0.384. The van der Waals surface area contributed by atoms with E-state index in [9.17, 15) is 24.5 Å². The van der Waals surface area contributed by atoms with Gasteiger partial charge in [-0.05, 0) is 13.0 Å². The van der Waals surface area contributed by atoms with Gasteiger partial charge in [-0.15, -0.1) is 0 Å². The number of ether oxygens (including phenoxy) is 2. The molecule has 1 unspecified atom stereocenters. The van der Waals surface area contributed by atoms with Crippen molar-refractivity contribution in [2.24, 2.45) is 5.73 Å². The Bertz CT molecular complexity index is 612. The van der Waals surface area contributed by atoms with Crippen molar-refractivity contribution in [2.75, 3.05) is 7.11 Å². The van der Waals surface area contributed by atoms with Crippen molar-refractivity contribution in [3.63, 3.8) is 0 Å². The zero-order chi connectivity index (χ0) is 16.2. The van der Waals surface area contributed by atoms with Crippen LogP contribution >= 0.6 is 0 Å². The normalized spacial score (nSPS) is 11.3. The summed E-state index contributed by atoms with van der Waals surface area (Å²) in [7, 11) is 1.09. The minimum Gasteiger partial charge on any atom is -0.465 e. The first kappa shape index (κ1) is 16.1. The number of non-ortho nitro benzene ring substituents is 1. The molecule has 1 rings (SSSR count). The lowest BCUT2D eigenvalue weighted by atomic mass is 10.1. The second-order valence-corrected chi connectivity index (χ2v) is 3.97. The molecule has 0 bridgehead atoms. The van der Waals surface area contributed by atoms with Crippen LogP contribution in [0.15, 0.2) is 18.2 Å². The number of primary amides is 1. The maximum atomic E-state index is 11.8. The summed E-state index contributed by atoms with van der Waals surface area (Å²) in [6.45, 7) is 1.25. The largest absolute Gasteiger partial charge is 0.465 e. The molecule has 112 valence electrons. The third-order valence-electron chi connectivity index (χ3n) is 2.47. The maximum Gasteiger partial charge on any atom is 0.339 e. The minimum atomic E-state index is -1.21. The van der Waals surface area contributed by atoms with Crippen molar-refractivity contribution in [3.05, 3.63) is 39.4 Å². The number of nitrogens with two attached hydrogens (primary N) is 1. The van der Waals surface area contributed by atoms with E-state index in [1.807, 2.05) is 0 Å². The molecule has 0 fully saturated rings. The van der Waals surface area contributed by atoms with Gasteiger partial charge in [-0.2, -0.15) is 0 Å². The molecule has 1 aromatic carbocycles. The van der Waals surface area contributed by atoms with Crippen LogP contribution in [0.4, 0.5) is 5.69 Å². The van der Waals surface area contributed by atoms with E-state index in [1.165, 1.54) is 6.92 Å². The molecule has 9 heteroatoms. The van der Waals surface area contributed by atoms with Crippen molar-refractivity contribution >= 4 is 23.5 Å². The van der Waals surface area contributed by atoms with Gasteiger partial charge in [0.15, 0.2) is 6.10 Å². The topological polar surface area (TPSA) is 139 Å². The third-order valence-corrected chi connectivity index (χ3v) is 2.47. The molecule has 0 aromatic heterocycles. The van der Waals surface area contributed by atoms with Gasteiger partial charge in [0.1, 0.15) is 0 Å². The zero-order valence-corrected chi connectivity index (χ0v) is 11.2. The van der Waals surface area contributed by atoms with Crippen LogP contribution in [0.5, 0.6) is 0 Å². The van der Waals surface area contributed by atoms with Gasteiger partial charge in [-0.3, -0.25) is 14.9 Å². The number of benzene rings is 1. The van der Waals surface area contributed by atoms with E-state index in [-0.39, 0.29) is 11.1 Å². The molecule has 2 N–H and O–H groups in total. The van der Waals surface area contributed by atoms with Crippen molar-refractivity contribution in [1.82, 2.24) is 0 Å². The van der Waals surface area contributed by atoms with E-state index in [1.54, 1.807) is 0 Å². The maximum absolute atomic E-state index is 11.8. The highest BCUT2D eigenvalue weighted by molar-refractivity contribution is 5.97. The molecule has 9 nitrogen and oxygen atoms in total. The fraction of sp³-hybridized carbons (Fsp3) is 0.250. The Hall–Kier alpha value is -2.97. The van der Waals surface area contributed by atoms with Gasteiger partial charge >= 0.3 is 11.9 Å². The van der Waals surface area contributed by atoms with Crippen LogP contribution in [0, 0.1) is 10.1 Å². The van der Waals surface area contributed by atoms with Gasteiger partial charge in [-0.1, -0.05) is 0 Å². The summed E-state index contributed by atoms with van der Waals surface area (Å²) < 4.78 is 9.15. The van der Waals surface area contributed by atoms with E-state index in [2.05, 4.69) is 4.74 Å². The standard InChI is InChI=1S/C12H12N2O7/c1-6(10(13)15)21-12(17)8-3-7(11(16)20-2)4-9(5-8)14(18)19/h3-6H,1-2H3,(H2,13,15). The minimum absolute atomic E-state index is 0.189. The van der Waals surface area contributed by atoms with E-state index in [4.69, 9.17) is 10.5 Å². The van der Waals surface area contributed by atoms with E-state index in [0.29, 0.717) is 0 Å². The molecule has 1 atom stereocenters. The fourth-order valence-electron chi connectivity index (χ4n) is 1.36. The number of hydrogen-bond acceptors (Lipinski definition) is 7. The van der Waals surface area contributed by atoms with Crippen LogP contribution in [0.3, 0.4) is 0 Å². The summed E-state index contributed by atoms with van der Waals surface area (Å²) in [5.41, 5.74) is 4.00. The molecule has 0 radical (unpaired) electrons. The predicted octanol–water partition coefficient (Wildman–Crippen LogP) is 0.412. The molecule has 21 heavy (non-hydrogen) atoms. The zero-order valence-electron chi connectivity index (χ0n) is 11.2. The molecule has 1 aromatic rings. The number of carbonyl (C=O) groups excluding carboxylic acids is 3. The molecule has 0 aliphatic rings. The number of carbonyl (C=O) groups is 3. The molecule has 0 saturated heterocycles. The summed E-state index contributed by atoms with van der Waals surface area (Å²) in [4.78, 5) is 44.1. The first-order chi connectivity index (χ1) is 9.76. The second kappa shape index (κ2) is 6.46. The van der Waals surface area contributed by atoms with Gasteiger partial charge in [0.2, 0.25) is 0 Å². The number of nitro benzene ring substituents is 1. The van der Waals surface area contributed by atoms with Crippen LogP contribution in [0.2, 0.25) is 0 Å². The van der Waals surface area contributed by atoms with E-state index < -0.39 is 34.6 Å². The van der Waals surface area contributed by atoms with Crippen molar-refractivity contribution in [1.29, 1.82) is 0 Å². The Morgan fingerprint density at radius 1 is 1.19 bits per heavy atom. The number of rotatable bonds is 5. The summed E-state index contributed by atoms with van der Waals surface area (Å²) in [5, 5.41) is 10.8.